The fourth-order valence-electron chi connectivity index (χ4n) is 7.04. The van der Waals surface area contributed by atoms with Crippen LogP contribution < -0.4 is 0 Å². The second kappa shape index (κ2) is 26.1. The highest BCUT2D eigenvalue weighted by molar-refractivity contribution is 7.82. The van der Waals surface area contributed by atoms with Gasteiger partial charge in [-0.2, -0.15) is 13.5 Å². The summed E-state index contributed by atoms with van der Waals surface area (Å²) in [5.41, 5.74) is 0. The predicted octanol–water partition coefficient (Wildman–Crippen LogP) is 10.4. The molecule has 0 radical (unpaired) electrons. The molecule has 0 aromatic rings. The predicted molar refractivity (Wildman–Crippen MR) is 247 cm³/mol. The van der Waals surface area contributed by atoms with Crippen molar-refractivity contribution in [2.24, 2.45) is 18.1 Å². The van der Waals surface area contributed by atoms with Crippen molar-refractivity contribution >= 4 is 38.9 Å². The zero-order valence-corrected chi connectivity index (χ0v) is 43.0. The van der Waals surface area contributed by atoms with Crippen molar-refractivity contribution in [1.29, 1.82) is 0 Å². The van der Waals surface area contributed by atoms with Crippen LogP contribution in [0.3, 0.4) is 0 Å². The zero-order valence-electron chi connectivity index (χ0n) is 38.4. The maximum absolute atomic E-state index is 6.11. The Labute approximate surface area is 333 Å². The molecule has 0 N–H and O–H groups in total. The molecule has 19 heteroatoms. The summed E-state index contributed by atoms with van der Waals surface area (Å²) in [6.07, 6.45) is 15.4. The summed E-state index contributed by atoms with van der Waals surface area (Å²) in [5, 5.41) is 0. The van der Waals surface area contributed by atoms with Crippen LogP contribution in [0.4, 0.5) is 0 Å². The third-order valence-corrected chi connectivity index (χ3v) is 27.0. The molecule has 320 valence electrons. The quantitative estimate of drug-likeness (QED) is 0.0561. The van der Waals surface area contributed by atoms with Crippen LogP contribution in [0.5, 0.6) is 0 Å². The fourth-order valence-corrected chi connectivity index (χ4v) is 27.6. The van der Waals surface area contributed by atoms with E-state index in [1.165, 1.54) is 77.0 Å². The van der Waals surface area contributed by atoms with Gasteiger partial charge in [-0.1, -0.05) is 78.1 Å². The molecule has 0 bridgehead atoms. The van der Waals surface area contributed by atoms with Gasteiger partial charge in [0.15, 0.2) is 22.5 Å². The minimum absolute atomic E-state index is 0.212. The van der Waals surface area contributed by atoms with Crippen LogP contribution in [0.25, 0.3) is 0 Å². The van der Waals surface area contributed by atoms with E-state index in [4.69, 9.17) is 18.1 Å². The van der Waals surface area contributed by atoms with Gasteiger partial charge in [0.2, 0.25) is 0 Å². The highest BCUT2D eigenvalue weighted by Gasteiger charge is 2.41. The molecule has 0 heterocycles. The van der Waals surface area contributed by atoms with Crippen molar-refractivity contribution < 1.29 is 0 Å². The van der Waals surface area contributed by atoms with E-state index in [2.05, 4.69) is 187 Å². The van der Waals surface area contributed by atoms with E-state index in [9.17, 15) is 0 Å². The Morgan fingerprint density at radius 1 is 0.340 bits per heavy atom. The van der Waals surface area contributed by atoms with Gasteiger partial charge < -0.3 is 0 Å². The number of hydrogen-bond donors (Lipinski definition) is 0. The van der Waals surface area contributed by atoms with E-state index in [1.807, 2.05) is 0 Å². The third kappa shape index (κ3) is 15.2. The van der Waals surface area contributed by atoms with Crippen molar-refractivity contribution in [3.8, 4) is 0 Å². The Balaban J connectivity index is 8.65. The van der Waals surface area contributed by atoms with E-state index in [1.54, 1.807) is 0 Å². The van der Waals surface area contributed by atoms with E-state index in [0.717, 1.165) is 13.1 Å². The summed E-state index contributed by atoms with van der Waals surface area (Å²) < 4.78 is 47.5. The van der Waals surface area contributed by atoms with Gasteiger partial charge in [0.25, 0.3) is 0 Å². The molecule has 0 spiro atoms. The number of hydrogen-bond acceptors (Lipinski definition) is 2. The van der Waals surface area contributed by atoms with Gasteiger partial charge in [-0.25, -0.2) is 4.52 Å². The van der Waals surface area contributed by atoms with Crippen molar-refractivity contribution in [3.63, 3.8) is 0 Å². The minimum Gasteiger partial charge on any atom is -0.266 e. The smallest absolute Gasteiger partial charge is 0.266 e. The van der Waals surface area contributed by atoms with E-state index >= 15 is 0 Å². The highest BCUT2D eigenvalue weighted by atomic mass is 31.3. The Morgan fingerprint density at radius 2 is 0.566 bits per heavy atom. The SMILES string of the molecule is CCCCCCCCN(CCCCCCCC)PN=P(N=P(N(C)C)(N(C)C)N(C)C)(N=P(N(C)C)(N(C)C)N(C)C)N=P(N(C)C)(N(C)C)N(C)C. The average molecular weight is 849 g/mol. The molecular weight excluding hydrogens is 759 g/mol. The molecule has 0 rings (SSSR count). The normalized spacial score (nSPS) is 14.1. The van der Waals surface area contributed by atoms with Gasteiger partial charge in [-0.3, -0.25) is 46.7 Å². The van der Waals surface area contributed by atoms with E-state index < -0.39 is 30.0 Å². The van der Waals surface area contributed by atoms with Gasteiger partial charge in [-0.15, -0.1) is 0 Å². The van der Waals surface area contributed by atoms with Crippen molar-refractivity contribution in [3.05, 3.63) is 0 Å². The molecule has 14 nitrogen and oxygen atoms in total. The second-order valence-electron chi connectivity index (χ2n) is 15.8. The van der Waals surface area contributed by atoms with Gasteiger partial charge >= 0.3 is 7.51 Å². The number of unbranched alkanes of at least 4 members (excludes halogenated alkanes) is 10. The summed E-state index contributed by atoms with van der Waals surface area (Å²) in [6, 6.07) is 0. The molecule has 0 aromatic carbocycles. The van der Waals surface area contributed by atoms with Crippen LogP contribution in [0.2, 0.25) is 0 Å². The van der Waals surface area contributed by atoms with Crippen LogP contribution in [-0.4, -0.2) is 187 Å². The Hall–Kier alpha value is 0.950. The summed E-state index contributed by atoms with van der Waals surface area (Å²) >= 11 is 0. The van der Waals surface area contributed by atoms with Gasteiger partial charge in [-0.05, 0) is 140 Å². The Morgan fingerprint density at radius 3 is 0.792 bits per heavy atom. The third-order valence-electron chi connectivity index (χ3n) is 9.43. The van der Waals surface area contributed by atoms with Crippen LogP contribution in [0, 0.1) is 0 Å². The summed E-state index contributed by atoms with van der Waals surface area (Å²) in [6.45, 7) is 6.67. The van der Waals surface area contributed by atoms with Crippen LogP contribution >= 0.6 is 38.9 Å². The van der Waals surface area contributed by atoms with E-state index in [-0.39, 0.29) is 8.88 Å². The number of rotatable bonds is 28. The molecule has 1 atom stereocenters. The lowest BCUT2D eigenvalue weighted by atomic mass is 10.1. The lowest BCUT2D eigenvalue weighted by Gasteiger charge is -2.46. The monoisotopic (exact) mass is 849 g/mol. The molecule has 53 heavy (non-hydrogen) atoms. The molecule has 0 saturated heterocycles. The number of nitrogens with zero attached hydrogens (tertiary/aromatic N) is 14. The molecule has 0 aliphatic heterocycles. The zero-order chi connectivity index (χ0) is 41.2. The standard InChI is InChI=1S/C34H89N14P5/c1-21-23-25-27-29-31-33-48(34-32-30-28-26-24-22-2)49-35-50(36-51(39(3)4,40(5)6)41(7)8,37-52(42(9)10,43(11)12)44(13)14)38-53(45(15)16,46(17)18)47(19)20/h49H,21-34H2,1-20H3. The largest absolute Gasteiger partial charge is 0.311 e. The maximum atomic E-state index is 6.11. The average Bonchev–Trinajstić information content (AvgIpc) is 3.04. The van der Waals surface area contributed by atoms with Crippen molar-refractivity contribution in [2.45, 2.75) is 90.9 Å². The summed E-state index contributed by atoms with van der Waals surface area (Å²) in [7, 11) is 28.1. The van der Waals surface area contributed by atoms with Gasteiger partial charge in [0, 0.05) is 13.1 Å². The minimum atomic E-state index is -3.26. The molecule has 0 fully saturated rings. The molecular formula is C34H89N14P5. The molecule has 0 aromatic heterocycles. The van der Waals surface area contributed by atoms with E-state index in [0.29, 0.717) is 0 Å². The first-order chi connectivity index (χ1) is 24.6. The molecule has 0 amide bonds. The first-order valence-corrected chi connectivity index (χ1v) is 27.0. The first kappa shape index (κ1) is 53.9. The first-order valence-electron chi connectivity index (χ1n) is 19.7. The van der Waals surface area contributed by atoms with Crippen molar-refractivity contribution in [2.75, 3.05) is 140 Å². The topological polar surface area (TPSA) is 81.8 Å². The van der Waals surface area contributed by atoms with Crippen LogP contribution in [-0.2, 0) is 0 Å². The van der Waals surface area contributed by atoms with Crippen LogP contribution in [0.15, 0.2) is 18.1 Å². The van der Waals surface area contributed by atoms with Gasteiger partial charge in [0.05, 0.1) is 8.88 Å². The fraction of sp³-hybridized carbons (Fsp3) is 1.00. The molecule has 0 aliphatic rings. The summed E-state index contributed by atoms with van der Waals surface area (Å²) in [5.74, 6) is 0. The molecule has 0 aliphatic carbocycles. The van der Waals surface area contributed by atoms with Crippen LogP contribution in [0.1, 0.15) is 90.9 Å². The lowest BCUT2D eigenvalue weighted by Crippen LogP contribution is -2.32. The second-order valence-corrected chi connectivity index (χ2v) is 31.0. The van der Waals surface area contributed by atoms with Gasteiger partial charge in [0.1, 0.15) is 0 Å². The summed E-state index contributed by atoms with van der Waals surface area (Å²) in [4.78, 5) is 0. The molecule has 1 unspecified atom stereocenters. The van der Waals surface area contributed by atoms with Crippen molar-refractivity contribution in [1.82, 2.24) is 46.7 Å². The Kier molecular flexibility index (Phi) is 26.6. The maximum Gasteiger partial charge on any atom is 0.311 e. The lowest BCUT2D eigenvalue weighted by molar-refractivity contribution is 0.418. The Bertz CT molecular complexity index is 1020. The molecule has 0 saturated carbocycles. The highest BCUT2D eigenvalue weighted by Crippen LogP contribution is 2.78.